The number of hydrogen-bond acceptors (Lipinski definition) is 12. The van der Waals surface area contributed by atoms with Crippen molar-refractivity contribution >= 4 is 25.8 Å². The Morgan fingerprint density at radius 1 is 0.902 bits per heavy atom. The summed E-state index contributed by atoms with van der Waals surface area (Å²) in [5.74, 6) is 0.193. The van der Waals surface area contributed by atoms with Crippen molar-refractivity contribution in [3.63, 3.8) is 0 Å². The van der Waals surface area contributed by atoms with E-state index in [2.05, 4.69) is 30.8 Å². The molecule has 234 valence electrons. The van der Waals surface area contributed by atoms with Crippen molar-refractivity contribution in [2.75, 3.05) is 13.2 Å². The smallest absolute Gasteiger partial charge is 0.189 e. The molecule has 0 amide bonds. The second kappa shape index (κ2) is 17.2. The number of aliphatic hydroxyl groups excluding tert-OH is 7. The highest BCUT2D eigenvalue weighted by Gasteiger charge is 2.49. The Bertz CT molecular complexity index is 952. The first-order valence-corrected chi connectivity index (χ1v) is 17.8. The van der Waals surface area contributed by atoms with Gasteiger partial charge in [-0.1, -0.05) is 39.1 Å². The van der Waals surface area contributed by atoms with Crippen LogP contribution < -0.4 is 0 Å². The van der Waals surface area contributed by atoms with E-state index in [1.54, 1.807) is 0 Å². The molecule has 2 heterocycles. The minimum atomic E-state index is -1.74. The lowest BCUT2D eigenvalue weighted by Gasteiger charge is -2.44. The summed E-state index contributed by atoms with van der Waals surface area (Å²) in [6, 6.07) is 10.0. The standard InChI is InChI=1S/C26H39NO11.H5P3/c1-13(8-26(2,3)12-27)15-6-4-14(5-7-15)10-35-11-17-19(30)21(32)23(34)25(37-17)38-24-22(33)20(31)18(29)16(9-28)36-24;1-3-2/h4-7,13,16-25,28-34H,8-11H2,1-3H3;3H,1-2H2/t13?,16-,17-,18-,19-,20+,21+,22-,23-,24-,25-;/m1./s1. The number of nitrogens with zero attached hydrogens (tertiary/aromatic N) is 1. The summed E-state index contributed by atoms with van der Waals surface area (Å²) >= 11 is 0. The largest absolute Gasteiger partial charge is 0.394 e. The van der Waals surface area contributed by atoms with E-state index in [4.69, 9.17) is 18.9 Å². The van der Waals surface area contributed by atoms with Gasteiger partial charge in [0.15, 0.2) is 12.6 Å². The fourth-order valence-electron chi connectivity index (χ4n) is 4.64. The molecule has 2 fully saturated rings. The molecule has 7 N–H and O–H groups in total. The molecule has 3 unspecified atom stereocenters. The van der Waals surface area contributed by atoms with Crippen LogP contribution in [-0.4, -0.2) is 110 Å². The Kier molecular flexibility index (Phi) is 15.4. The first kappa shape index (κ1) is 36.8. The lowest BCUT2D eigenvalue weighted by atomic mass is 9.82. The maximum Gasteiger partial charge on any atom is 0.189 e. The molecule has 2 saturated heterocycles. The van der Waals surface area contributed by atoms with Gasteiger partial charge in [0, 0.05) is 0 Å². The Labute approximate surface area is 246 Å². The van der Waals surface area contributed by atoms with E-state index >= 15 is 0 Å². The van der Waals surface area contributed by atoms with Gasteiger partial charge in [0.1, 0.15) is 48.8 Å². The Morgan fingerprint density at radius 3 is 1.88 bits per heavy atom. The molecule has 0 saturated carbocycles. The van der Waals surface area contributed by atoms with Crippen LogP contribution in [0, 0.1) is 16.7 Å². The molecule has 3 rings (SSSR count). The van der Waals surface area contributed by atoms with Crippen molar-refractivity contribution in [3.05, 3.63) is 35.4 Å². The summed E-state index contributed by atoms with van der Waals surface area (Å²) in [7, 11) is 6.06. The summed E-state index contributed by atoms with van der Waals surface area (Å²) in [6.45, 7) is 5.20. The van der Waals surface area contributed by atoms with Crippen molar-refractivity contribution < 1.29 is 54.7 Å². The lowest BCUT2D eigenvalue weighted by Crippen LogP contribution is -2.63. The second-order valence-corrected chi connectivity index (χ2v) is 15.2. The predicted octanol–water partition coefficient (Wildman–Crippen LogP) is 0.116. The Balaban J connectivity index is 0.00000187. The molecule has 12 nitrogen and oxygen atoms in total. The third kappa shape index (κ3) is 10.3. The molecular weight excluding hydrogens is 595 g/mol. The molecule has 0 aliphatic carbocycles. The van der Waals surface area contributed by atoms with Crippen LogP contribution in [0.2, 0.25) is 0 Å². The van der Waals surface area contributed by atoms with Crippen molar-refractivity contribution in [3.8, 4) is 6.07 Å². The monoisotopic (exact) mass is 639 g/mol. The van der Waals surface area contributed by atoms with Gasteiger partial charge in [-0.05, 0) is 37.3 Å². The molecule has 1 aromatic rings. The SMILES string of the molecule is CC(CC(C)(C)C#N)c1ccc(COC[C@H]2O[C@H](O[C@H]3O[C@H](CO)[C@@H](O)[C@H](O)[C@H]3O)[C@H](O)[C@@H](O)[C@@H]2O)cc1.PPP. The van der Waals surface area contributed by atoms with Gasteiger partial charge in [-0.3, -0.25) is 0 Å². The summed E-state index contributed by atoms with van der Waals surface area (Å²) < 4.78 is 21.9. The number of ether oxygens (including phenoxy) is 4. The second-order valence-electron chi connectivity index (χ2n) is 10.9. The summed E-state index contributed by atoms with van der Waals surface area (Å²) in [6.07, 6.45) is -14.8. The van der Waals surface area contributed by atoms with Gasteiger partial charge in [-0.15, -0.1) is 17.9 Å². The van der Waals surface area contributed by atoms with Crippen molar-refractivity contribution in [1.82, 2.24) is 0 Å². The third-order valence-electron chi connectivity index (χ3n) is 7.00. The zero-order valence-electron chi connectivity index (χ0n) is 23.4. The molecule has 13 atom stereocenters. The van der Waals surface area contributed by atoms with Crippen molar-refractivity contribution in [2.45, 2.75) is 101 Å². The predicted molar refractivity (Wildman–Crippen MR) is 158 cm³/mol. The first-order valence-electron chi connectivity index (χ1n) is 13.2. The molecular formula is C26H44NO11P3. The van der Waals surface area contributed by atoms with Gasteiger partial charge >= 0.3 is 0 Å². The molecule has 1 aromatic carbocycles. The average molecular weight is 640 g/mol. The number of benzene rings is 1. The summed E-state index contributed by atoms with van der Waals surface area (Å²) in [5.41, 5.74) is 1.51. The van der Waals surface area contributed by atoms with E-state index in [0.717, 1.165) is 25.5 Å². The molecule has 15 heteroatoms. The van der Waals surface area contributed by atoms with Gasteiger partial charge in [0.05, 0.1) is 31.3 Å². The highest BCUT2D eigenvalue weighted by molar-refractivity contribution is 8.33. The van der Waals surface area contributed by atoms with Crippen LogP contribution in [0.3, 0.4) is 0 Å². The van der Waals surface area contributed by atoms with E-state index in [1.807, 2.05) is 38.1 Å². The quantitative estimate of drug-likeness (QED) is 0.171. The fourth-order valence-corrected chi connectivity index (χ4v) is 4.64. The number of rotatable bonds is 10. The van der Waals surface area contributed by atoms with Crippen LogP contribution in [0.25, 0.3) is 0 Å². The topological polar surface area (TPSA) is 202 Å². The van der Waals surface area contributed by atoms with Crippen LogP contribution in [0.15, 0.2) is 24.3 Å². The molecule has 0 bridgehead atoms. The van der Waals surface area contributed by atoms with Gasteiger partial charge < -0.3 is 54.7 Å². The van der Waals surface area contributed by atoms with Crippen LogP contribution in [0.4, 0.5) is 0 Å². The normalized spacial score (nSPS) is 34.7. The van der Waals surface area contributed by atoms with Crippen LogP contribution in [0.1, 0.15) is 44.2 Å². The Hall–Kier alpha value is -0.440. The van der Waals surface area contributed by atoms with E-state index in [1.165, 1.54) is 0 Å². The van der Waals surface area contributed by atoms with Crippen molar-refractivity contribution in [1.29, 1.82) is 5.26 Å². The van der Waals surface area contributed by atoms with Crippen LogP contribution >= 0.6 is 25.8 Å². The van der Waals surface area contributed by atoms with Crippen LogP contribution in [0.5, 0.6) is 0 Å². The number of hydrogen-bond donors (Lipinski definition) is 7. The number of aliphatic hydroxyl groups is 7. The van der Waals surface area contributed by atoms with E-state index in [9.17, 15) is 41.0 Å². The van der Waals surface area contributed by atoms with Gasteiger partial charge in [0.25, 0.3) is 0 Å². The highest BCUT2D eigenvalue weighted by atomic mass is 32.4. The highest BCUT2D eigenvalue weighted by Crippen LogP contribution is 2.31. The van der Waals surface area contributed by atoms with Crippen molar-refractivity contribution in [2.24, 2.45) is 5.41 Å². The molecule has 0 radical (unpaired) electrons. The van der Waals surface area contributed by atoms with E-state index in [0.29, 0.717) is 0 Å². The minimum absolute atomic E-state index is 0.168. The molecule has 2 aliphatic rings. The molecule has 2 aliphatic heterocycles. The zero-order valence-corrected chi connectivity index (χ0v) is 26.7. The maximum absolute atomic E-state index is 10.4. The molecule has 0 aromatic heterocycles. The first-order chi connectivity index (χ1) is 19.3. The van der Waals surface area contributed by atoms with E-state index < -0.39 is 73.4 Å². The molecule has 41 heavy (non-hydrogen) atoms. The Morgan fingerprint density at radius 2 is 1.39 bits per heavy atom. The average Bonchev–Trinajstić information content (AvgIpc) is 2.94. The maximum atomic E-state index is 10.4. The van der Waals surface area contributed by atoms with Gasteiger partial charge in [-0.2, -0.15) is 5.26 Å². The number of nitriles is 1. The minimum Gasteiger partial charge on any atom is -0.394 e. The third-order valence-corrected chi connectivity index (χ3v) is 7.00. The van der Waals surface area contributed by atoms with Crippen LogP contribution in [-0.2, 0) is 25.6 Å². The summed E-state index contributed by atoms with van der Waals surface area (Å²) in [4.78, 5) is 0. The summed E-state index contributed by atoms with van der Waals surface area (Å²) in [5, 5.41) is 79.6. The van der Waals surface area contributed by atoms with Gasteiger partial charge in [-0.25, -0.2) is 0 Å². The fraction of sp³-hybridized carbons (Fsp3) is 0.731. The zero-order chi connectivity index (χ0) is 30.9. The van der Waals surface area contributed by atoms with Gasteiger partial charge in [0.2, 0.25) is 0 Å². The lowest BCUT2D eigenvalue weighted by molar-refractivity contribution is -0.377. The molecule has 0 spiro atoms. The van der Waals surface area contributed by atoms with E-state index in [-0.39, 0.29) is 19.1 Å².